The van der Waals surface area contributed by atoms with Crippen molar-refractivity contribution in [3.05, 3.63) is 0 Å². The van der Waals surface area contributed by atoms with E-state index in [0.717, 1.165) is 11.8 Å². The van der Waals surface area contributed by atoms with Crippen LogP contribution in [-0.4, -0.2) is 77.3 Å². The van der Waals surface area contributed by atoms with Crippen LogP contribution in [0.25, 0.3) is 0 Å². The lowest BCUT2D eigenvalue weighted by Crippen LogP contribution is -2.47. The maximum absolute atomic E-state index is 12.0. The van der Waals surface area contributed by atoms with E-state index in [1.54, 1.807) is 13.8 Å². The summed E-state index contributed by atoms with van der Waals surface area (Å²) in [5.74, 6) is -1.24. The highest BCUT2D eigenvalue weighted by Gasteiger charge is 2.34. The van der Waals surface area contributed by atoms with Crippen molar-refractivity contribution in [2.45, 2.75) is 45.8 Å². The molecule has 6 N–H and O–H groups in total. The lowest BCUT2D eigenvalue weighted by Gasteiger charge is -2.28. The van der Waals surface area contributed by atoms with Gasteiger partial charge in [0, 0.05) is 37.1 Å². The highest BCUT2D eigenvalue weighted by molar-refractivity contribution is 8.13. The van der Waals surface area contributed by atoms with Crippen LogP contribution in [0.1, 0.15) is 33.6 Å². The minimum atomic E-state index is -1.43. The van der Waals surface area contributed by atoms with Gasteiger partial charge in [0.05, 0.1) is 19.3 Å². The summed E-state index contributed by atoms with van der Waals surface area (Å²) in [7, 11) is 0. The molecule has 0 unspecified atom stereocenters. The second-order valence-electron chi connectivity index (χ2n) is 6.92. The monoisotopic (exact) mass is 421 g/mol. The number of carbonyl (C=O) groups is 4. The number of esters is 1. The van der Waals surface area contributed by atoms with Gasteiger partial charge < -0.3 is 31.3 Å². The SMILES string of the molecule is C[C@@H](O)CC(=O)SCCNC(=O)CCNC(=O)[C@H](O)C(C)(C)COC(=O)CN. The second kappa shape index (κ2) is 13.5. The maximum Gasteiger partial charge on any atom is 0.319 e. The Labute approximate surface area is 168 Å². The van der Waals surface area contributed by atoms with Crippen LogP contribution in [0.5, 0.6) is 0 Å². The smallest absolute Gasteiger partial charge is 0.319 e. The highest BCUT2D eigenvalue weighted by atomic mass is 32.2. The van der Waals surface area contributed by atoms with Gasteiger partial charge in [-0.05, 0) is 6.92 Å². The van der Waals surface area contributed by atoms with Gasteiger partial charge in [0.1, 0.15) is 6.10 Å². The van der Waals surface area contributed by atoms with Crippen molar-refractivity contribution in [1.82, 2.24) is 10.6 Å². The Morgan fingerprint density at radius 2 is 1.79 bits per heavy atom. The summed E-state index contributed by atoms with van der Waals surface area (Å²) >= 11 is 1.03. The second-order valence-corrected chi connectivity index (χ2v) is 8.07. The van der Waals surface area contributed by atoms with Crippen LogP contribution in [0.3, 0.4) is 0 Å². The third-order valence-corrected chi connectivity index (χ3v) is 4.46. The van der Waals surface area contributed by atoms with Crippen molar-refractivity contribution in [1.29, 1.82) is 0 Å². The molecule has 0 saturated heterocycles. The van der Waals surface area contributed by atoms with E-state index in [1.807, 2.05) is 0 Å². The number of nitrogens with one attached hydrogen (secondary N) is 2. The molecule has 0 aliphatic carbocycles. The van der Waals surface area contributed by atoms with Crippen molar-refractivity contribution in [2.75, 3.05) is 32.0 Å². The molecule has 28 heavy (non-hydrogen) atoms. The molecule has 0 rings (SSSR count). The van der Waals surface area contributed by atoms with Gasteiger partial charge >= 0.3 is 5.97 Å². The first-order valence-electron chi connectivity index (χ1n) is 8.91. The Bertz CT molecular complexity index is 541. The van der Waals surface area contributed by atoms with E-state index in [9.17, 15) is 24.3 Å². The fourth-order valence-electron chi connectivity index (χ4n) is 1.90. The van der Waals surface area contributed by atoms with Crippen molar-refractivity contribution in [3.8, 4) is 0 Å². The van der Waals surface area contributed by atoms with Gasteiger partial charge in [-0.3, -0.25) is 19.2 Å². The van der Waals surface area contributed by atoms with Crippen LogP contribution in [0.15, 0.2) is 0 Å². The summed E-state index contributed by atoms with van der Waals surface area (Å²) in [4.78, 5) is 46.1. The number of hydrogen-bond donors (Lipinski definition) is 5. The number of hydrogen-bond acceptors (Lipinski definition) is 9. The number of rotatable bonds is 13. The Morgan fingerprint density at radius 3 is 2.36 bits per heavy atom. The van der Waals surface area contributed by atoms with Gasteiger partial charge in [0.15, 0.2) is 5.12 Å². The average molecular weight is 422 g/mol. The zero-order valence-electron chi connectivity index (χ0n) is 16.5. The standard InChI is InChI=1S/C17H31N3O7S/c1-11(21)8-14(24)28-7-6-19-12(22)4-5-20-16(26)15(25)17(2,3)10-27-13(23)9-18/h11,15,21,25H,4-10,18H2,1-3H3,(H,19,22)(H,20,26)/t11-,15+/m1/s1. The van der Waals surface area contributed by atoms with Crippen molar-refractivity contribution in [3.63, 3.8) is 0 Å². The number of thioether (sulfide) groups is 1. The van der Waals surface area contributed by atoms with Crippen LogP contribution in [-0.2, 0) is 23.9 Å². The number of carbonyl (C=O) groups excluding carboxylic acids is 4. The molecule has 0 aromatic heterocycles. The lowest BCUT2D eigenvalue weighted by atomic mass is 9.87. The molecule has 162 valence electrons. The molecule has 0 spiro atoms. The molecule has 0 aromatic rings. The summed E-state index contributed by atoms with van der Waals surface area (Å²) in [6.07, 6.45) is -2.05. The van der Waals surface area contributed by atoms with Crippen LogP contribution in [0.2, 0.25) is 0 Å². The molecule has 0 aromatic carbocycles. The minimum Gasteiger partial charge on any atom is -0.464 e. The van der Waals surface area contributed by atoms with Crippen molar-refractivity contribution < 1.29 is 34.1 Å². The first kappa shape index (κ1) is 26.3. The van der Waals surface area contributed by atoms with Gasteiger partial charge in [0.25, 0.3) is 0 Å². The first-order valence-corrected chi connectivity index (χ1v) is 9.90. The van der Waals surface area contributed by atoms with Crippen LogP contribution >= 0.6 is 11.8 Å². The molecule has 0 saturated carbocycles. The molecule has 10 nitrogen and oxygen atoms in total. The Balaban J connectivity index is 4.04. The number of ether oxygens (including phenoxy) is 1. The quantitative estimate of drug-likeness (QED) is 0.176. The number of aliphatic hydroxyl groups excluding tert-OH is 2. The molecule has 0 aliphatic heterocycles. The first-order chi connectivity index (χ1) is 13.0. The van der Waals surface area contributed by atoms with Crippen molar-refractivity contribution >= 4 is 34.7 Å². The molecule has 0 heterocycles. The Hall–Kier alpha value is -1.69. The summed E-state index contributed by atoms with van der Waals surface area (Å²) in [5, 5.41) is 24.1. The normalized spacial score (nSPS) is 13.4. The Morgan fingerprint density at radius 1 is 1.14 bits per heavy atom. The van der Waals surface area contributed by atoms with E-state index in [0.29, 0.717) is 5.75 Å². The topological polar surface area (TPSA) is 168 Å². The van der Waals surface area contributed by atoms with Gasteiger partial charge in [-0.15, -0.1) is 0 Å². The highest BCUT2D eigenvalue weighted by Crippen LogP contribution is 2.21. The van der Waals surface area contributed by atoms with E-state index in [4.69, 9.17) is 15.6 Å². The largest absolute Gasteiger partial charge is 0.464 e. The fraction of sp³-hybridized carbons (Fsp3) is 0.765. The van der Waals surface area contributed by atoms with E-state index in [1.165, 1.54) is 6.92 Å². The van der Waals surface area contributed by atoms with Gasteiger partial charge in [-0.25, -0.2) is 0 Å². The summed E-state index contributed by atoms with van der Waals surface area (Å²) in [6.45, 7) is 4.48. The molecule has 11 heteroatoms. The van der Waals surface area contributed by atoms with Gasteiger partial charge in [-0.1, -0.05) is 25.6 Å². The molecular formula is C17H31N3O7S. The van der Waals surface area contributed by atoms with E-state index in [2.05, 4.69) is 10.6 Å². The van der Waals surface area contributed by atoms with Crippen LogP contribution < -0.4 is 16.4 Å². The summed E-state index contributed by atoms with van der Waals surface area (Å²) in [5.41, 5.74) is 4.11. The summed E-state index contributed by atoms with van der Waals surface area (Å²) in [6, 6.07) is 0. The molecular weight excluding hydrogens is 390 g/mol. The van der Waals surface area contributed by atoms with Gasteiger partial charge in [0.2, 0.25) is 11.8 Å². The molecule has 0 bridgehead atoms. The minimum absolute atomic E-state index is 0.00728. The van der Waals surface area contributed by atoms with Crippen LogP contribution in [0.4, 0.5) is 0 Å². The predicted molar refractivity (Wildman–Crippen MR) is 104 cm³/mol. The zero-order chi connectivity index (χ0) is 21.7. The van der Waals surface area contributed by atoms with E-state index >= 15 is 0 Å². The van der Waals surface area contributed by atoms with E-state index < -0.39 is 29.5 Å². The van der Waals surface area contributed by atoms with E-state index in [-0.39, 0.29) is 50.1 Å². The average Bonchev–Trinajstić information content (AvgIpc) is 2.61. The van der Waals surface area contributed by atoms with Crippen molar-refractivity contribution in [2.24, 2.45) is 11.1 Å². The predicted octanol–water partition coefficient (Wildman–Crippen LogP) is -1.47. The van der Waals surface area contributed by atoms with Crippen LogP contribution in [0, 0.1) is 5.41 Å². The maximum atomic E-state index is 12.0. The molecule has 0 radical (unpaired) electrons. The number of amides is 2. The number of nitrogens with two attached hydrogens (primary N) is 1. The number of aliphatic hydroxyl groups is 2. The molecule has 0 aliphatic rings. The fourth-order valence-corrected chi connectivity index (χ4v) is 2.69. The molecule has 0 fully saturated rings. The van der Waals surface area contributed by atoms with Gasteiger partial charge in [-0.2, -0.15) is 0 Å². The lowest BCUT2D eigenvalue weighted by molar-refractivity contribution is -0.152. The third-order valence-electron chi connectivity index (χ3n) is 3.56. The third kappa shape index (κ3) is 11.9. The molecule has 2 atom stereocenters. The Kier molecular flexibility index (Phi) is 12.7. The molecule has 2 amide bonds. The summed E-state index contributed by atoms with van der Waals surface area (Å²) < 4.78 is 4.85. The zero-order valence-corrected chi connectivity index (χ0v) is 17.3.